The van der Waals surface area contributed by atoms with Gasteiger partial charge in [-0.1, -0.05) is 5.16 Å². The maximum atomic E-state index is 5.15. The van der Waals surface area contributed by atoms with Crippen LogP contribution in [-0.4, -0.2) is 23.9 Å². The monoisotopic (exact) mass is 191 g/mol. The largest absolute Gasteiger partial charge is 0.389 e. The van der Waals surface area contributed by atoms with Gasteiger partial charge in [-0.15, -0.1) is 0 Å². The summed E-state index contributed by atoms with van der Waals surface area (Å²) >= 11 is 3.29. The van der Waals surface area contributed by atoms with E-state index in [1.165, 1.54) is 0 Å². The molecule has 2 unspecified atom stereocenters. The third kappa shape index (κ3) is 0.773. The van der Waals surface area contributed by atoms with Gasteiger partial charge in [0, 0.05) is 0 Å². The first kappa shape index (κ1) is 5.68. The van der Waals surface area contributed by atoms with Crippen LogP contribution in [0.5, 0.6) is 0 Å². The Balaban J connectivity index is 2.16. The van der Waals surface area contributed by atoms with Crippen LogP contribution in [0.25, 0.3) is 0 Å². The van der Waals surface area contributed by atoms with Crippen LogP contribution in [0.2, 0.25) is 0 Å². The molecule has 4 heteroatoms. The van der Waals surface area contributed by atoms with Crippen molar-refractivity contribution >= 4 is 20.6 Å². The Morgan fingerprint density at radius 1 is 1.56 bits per heavy atom. The number of ether oxygens (including phenoxy) is 1. The third-order valence-corrected chi connectivity index (χ3v) is 2.34. The molecule has 2 aliphatic heterocycles. The zero-order valence-electron chi connectivity index (χ0n) is 4.71. The van der Waals surface area contributed by atoms with Gasteiger partial charge in [0.25, 0.3) is 0 Å². The minimum absolute atomic E-state index is 0.180. The van der Waals surface area contributed by atoms with E-state index in [1.54, 1.807) is 0 Å². The van der Waals surface area contributed by atoms with Crippen molar-refractivity contribution in [3.63, 3.8) is 0 Å². The Labute approximate surface area is 61.1 Å². The summed E-state index contributed by atoms with van der Waals surface area (Å²) in [6.45, 7) is 1.43. The summed E-state index contributed by atoms with van der Waals surface area (Å²) in [7, 11) is 0. The molecule has 0 aromatic rings. The van der Waals surface area contributed by atoms with Crippen LogP contribution in [0, 0.1) is 5.92 Å². The quantitative estimate of drug-likeness (QED) is 0.566. The summed E-state index contributed by atoms with van der Waals surface area (Å²) < 4.78 is 6.04. The number of rotatable bonds is 0. The lowest BCUT2D eigenvalue weighted by Gasteiger charge is -2.00. The molecule has 0 aliphatic carbocycles. The molecule has 2 aliphatic rings. The van der Waals surface area contributed by atoms with Gasteiger partial charge in [0.2, 0.25) is 0 Å². The fourth-order valence-corrected chi connectivity index (χ4v) is 1.56. The number of halogens is 1. The van der Waals surface area contributed by atoms with Gasteiger partial charge in [-0.25, -0.2) is 0 Å². The predicted molar refractivity (Wildman–Crippen MR) is 35.5 cm³/mol. The summed E-state index contributed by atoms with van der Waals surface area (Å²) in [5, 5.41) is 3.77. The Kier molecular flexibility index (Phi) is 1.23. The normalized spacial score (nSPS) is 39.9. The second-order valence-electron chi connectivity index (χ2n) is 2.20. The molecule has 0 radical (unpaired) electrons. The maximum absolute atomic E-state index is 5.15. The summed E-state index contributed by atoms with van der Waals surface area (Å²) in [5.41, 5.74) is 0. The first-order valence-electron chi connectivity index (χ1n) is 2.85. The molecule has 2 heterocycles. The van der Waals surface area contributed by atoms with Gasteiger partial charge in [0.1, 0.15) is 4.62 Å². The van der Waals surface area contributed by atoms with E-state index < -0.39 is 0 Å². The van der Waals surface area contributed by atoms with Gasteiger partial charge in [-0.2, -0.15) is 0 Å². The lowest BCUT2D eigenvalue weighted by molar-refractivity contribution is 0.0559. The highest BCUT2D eigenvalue weighted by molar-refractivity contribution is 9.18. The fraction of sp³-hybridized carbons (Fsp3) is 0.800. The van der Waals surface area contributed by atoms with Gasteiger partial charge in [-0.3, -0.25) is 0 Å². The van der Waals surface area contributed by atoms with E-state index in [9.17, 15) is 0 Å². The smallest absolute Gasteiger partial charge is 0.161 e. The van der Waals surface area contributed by atoms with Gasteiger partial charge >= 0.3 is 0 Å². The van der Waals surface area contributed by atoms with Crippen LogP contribution in [-0.2, 0) is 9.57 Å². The molecule has 0 N–H and O–H groups in total. The molecule has 1 fully saturated rings. The SMILES string of the molecule is BrC1=NOC2COCC12. The second-order valence-corrected chi connectivity index (χ2v) is 3.01. The molecule has 0 aromatic carbocycles. The molecule has 3 nitrogen and oxygen atoms in total. The van der Waals surface area contributed by atoms with Gasteiger partial charge in [0.15, 0.2) is 6.10 Å². The number of hydrogen-bond acceptors (Lipinski definition) is 3. The Morgan fingerprint density at radius 3 is 3.22 bits per heavy atom. The molecule has 0 saturated carbocycles. The van der Waals surface area contributed by atoms with Gasteiger partial charge < -0.3 is 9.57 Å². The average Bonchev–Trinajstić information content (AvgIpc) is 2.35. The van der Waals surface area contributed by atoms with Crippen molar-refractivity contribution in [2.75, 3.05) is 13.2 Å². The summed E-state index contributed by atoms with van der Waals surface area (Å²) in [6, 6.07) is 0. The van der Waals surface area contributed by atoms with Gasteiger partial charge in [0.05, 0.1) is 19.1 Å². The minimum Gasteiger partial charge on any atom is -0.389 e. The molecule has 50 valence electrons. The Morgan fingerprint density at radius 2 is 2.44 bits per heavy atom. The molecule has 0 amide bonds. The molecular formula is C5H6BrNO2. The topological polar surface area (TPSA) is 30.8 Å². The van der Waals surface area contributed by atoms with Crippen LogP contribution in [0.3, 0.4) is 0 Å². The van der Waals surface area contributed by atoms with Crippen molar-refractivity contribution in [1.29, 1.82) is 0 Å². The standard InChI is InChI=1S/C5H6BrNO2/c6-5-3-1-8-2-4(3)9-7-5/h3-4H,1-2H2. The lowest BCUT2D eigenvalue weighted by atomic mass is 10.1. The van der Waals surface area contributed by atoms with Crippen molar-refractivity contribution in [3.8, 4) is 0 Å². The second kappa shape index (κ2) is 1.95. The highest BCUT2D eigenvalue weighted by Crippen LogP contribution is 2.26. The zero-order valence-corrected chi connectivity index (χ0v) is 6.30. The molecule has 0 aromatic heterocycles. The van der Waals surface area contributed by atoms with E-state index in [4.69, 9.17) is 9.57 Å². The fourth-order valence-electron chi connectivity index (χ4n) is 1.05. The number of fused-ring (bicyclic) bond motifs is 1. The molecule has 9 heavy (non-hydrogen) atoms. The first-order chi connectivity index (χ1) is 4.38. The van der Waals surface area contributed by atoms with Crippen molar-refractivity contribution in [2.24, 2.45) is 11.1 Å². The summed E-state index contributed by atoms with van der Waals surface area (Å²) in [4.78, 5) is 5.01. The van der Waals surface area contributed by atoms with E-state index in [0.29, 0.717) is 12.5 Å². The Bertz CT molecular complexity index is 159. The van der Waals surface area contributed by atoms with E-state index >= 15 is 0 Å². The zero-order chi connectivity index (χ0) is 6.27. The third-order valence-electron chi connectivity index (χ3n) is 1.61. The van der Waals surface area contributed by atoms with E-state index in [-0.39, 0.29) is 6.10 Å². The molecule has 2 rings (SSSR count). The van der Waals surface area contributed by atoms with Gasteiger partial charge in [-0.05, 0) is 15.9 Å². The lowest BCUT2D eigenvalue weighted by Crippen LogP contribution is -2.17. The highest BCUT2D eigenvalue weighted by atomic mass is 79.9. The van der Waals surface area contributed by atoms with Crippen LogP contribution in [0.1, 0.15) is 0 Å². The maximum Gasteiger partial charge on any atom is 0.161 e. The molecular weight excluding hydrogens is 186 g/mol. The molecule has 1 saturated heterocycles. The van der Waals surface area contributed by atoms with Crippen molar-refractivity contribution in [1.82, 2.24) is 0 Å². The van der Waals surface area contributed by atoms with Crippen LogP contribution in [0.4, 0.5) is 0 Å². The highest BCUT2D eigenvalue weighted by Gasteiger charge is 2.37. The van der Waals surface area contributed by atoms with Crippen molar-refractivity contribution in [3.05, 3.63) is 0 Å². The molecule has 2 atom stereocenters. The van der Waals surface area contributed by atoms with Crippen LogP contribution in [0.15, 0.2) is 5.16 Å². The van der Waals surface area contributed by atoms with E-state index in [0.717, 1.165) is 11.2 Å². The van der Waals surface area contributed by atoms with E-state index in [1.807, 2.05) is 0 Å². The first-order valence-corrected chi connectivity index (χ1v) is 3.64. The predicted octanol–water partition coefficient (Wildman–Crippen LogP) is 0.740. The van der Waals surface area contributed by atoms with Crippen molar-refractivity contribution in [2.45, 2.75) is 6.10 Å². The van der Waals surface area contributed by atoms with Crippen molar-refractivity contribution < 1.29 is 9.57 Å². The summed E-state index contributed by atoms with van der Waals surface area (Å²) in [5.74, 6) is 0.366. The van der Waals surface area contributed by atoms with E-state index in [2.05, 4.69) is 21.1 Å². The molecule has 0 bridgehead atoms. The van der Waals surface area contributed by atoms with Crippen LogP contribution >= 0.6 is 15.9 Å². The number of oxime groups is 1. The minimum atomic E-state index is 0.180. The number of nitrogens with zero attached hydrogens (tertiary/aromatic N) is 1. The molecule has 0 spiro atoms. The van der Waals surface area contributed by atoms with Crippen LogP contribution < -0.4 is 0 Å². The Hall–Kier alpha value is -0.0900. The average molecular weight is 192 g/mol. The summed E-state index contributed by atoms with van der Waals surface area (Å²) in [6.07, 6.45) is 0.180. The number of hydrogen-bond donors (Lipinski definition) is 0.